The van der Waals surface area contributed by atoms with Crippen LogP contribution in [0.5, 0.6) is 0 Å². The zero-order valence-electron chi connectivity index (χ0n) is 11.4. The van der Waals surface area contributed by atoms with Crippen LogP contribution in [0.3, 0.4) is 0 Å². The summed E-state index contributed by atoms with van der Waals surface area (Å²) in [5, 5.41) is 0. The summed E-state index contributed by atoms with van der Waals surface area (Å²) in [4.78, 5) is 11.2. The van der Waals surface area contributed by atoms with Crippen LogP contribution in [0.4, 0.5) is 0 Å². The van der Waals surface area contributed by atoms with Gasteiger partial charge in [0.15, 0.2) is 6.61 Å². The van der Waals surface area contributed by atoms with Crippen molar-refractivity contribution in [3.8, 4) is 12.3 Å². The molecule has 0 fully saturated rings. The maximum Gasteiger partial charge on any atom is 0.306 e. The fourth-order valence-corrected chi connectivity index (χ4v) is 1.97. The number of hydrogen-bond acceptors (Lipinski definition) is 2. The summed E-state index contributed by atoms with van der Waals surface area (Å²) in [5.74, 6) is 2.11. The average molecular weight is 258 g/mol. The molecule has 0 aromatic heterocycles. The van der Waals surface area contributed by atoms with E-state index in [1.807, 2.05) is 6.07 Å². The number of esters is 1. The second-order valence-corrected chi connectivity index (χ2v) is 4.62. The van der Waals surface area contributed by atoms with E-state index in [-0.39, 0.29) is 12.6 Å². The highest BCUT2D eigenvalue weighted by molar-refractivity contribution is 5.69. The Morgan fingerprint density at radius 2 is 1.74 bits per heavy atom. The molecule has 0 aliphatic heterocycles. The zero-order valence-corrected chi connectivity index (χ0v) is 11.4. The number of benzene rings is 1. The van der Waals surface area contributed by atoms with Crippen molar-refractivity contribution in [1.29, 1.82) is 0 Å². The molecule has 0 saturated heterocycles. The maximum atomic E-state index is 11.2. The fraction of sp³-hybridized carbons (Fsp3) is 0.471. The summed E-state index contributed by atoms with van der Waals surface area (Å²) in [6.45, 7) is 0.0932. The van der Waals surface area contributed by atoms with E-state index in [0.29, 0.717) is 6.42 Å². The summed E-state index contributed by atoms with van der Waals surface area (Å²) >= 11 is 0. The van der Waals surface area contributed by atoms with Crippen molar-refractivity contribution < 1.29 is 9.53 Å². The van der Waals surface area contributed by atoms with Crippen LogP contribution in [0.1, 0.15) is 44.1 Å². The van der Waals surface area contributed by atoms with Crippen LogP contribution in [0.15, 0.2) is 30.3 Å². The average Bonchev–Trinajstić information content (AvgIpc) is 2.45. The topological polar surface area (TPSA) is 26.3 Å². The van der Waals surface area contributed by atoms with E-state index in [1.165, 1.54) is 24.8 Å². The van der Waals surface area contributed by atoms with Crippen LogP contribution in [0.2, 0.25) is 0 Å². The monoisotopic (exact) mass is 258 g/mol. The first kappa shape index (κ1) is 15.3. The van der Waals surface area contributed by atoms with Gasteiger partial charge in [0.25, 0.3) is 0 Å². The Kier molecular flexibility index (Phi) is 8.22. The molecule has 0 unspecified atom stereocenters. The van der Waals surface area contributed by atoms with Gasteiger partial charge in [-0.1, -0.05) is 55.5 Å². The number of hydrogen-bond donors (Lipinski definition) is 0. The predicted octanol–water partition coefficient (Wildman–Crippen LogP) is 3.75. The standard InChI is InChI=1S/C17H22O2/c1-2-15-19-17(18)14-10-5-3-4-7-11-16-12-8-6-9-13-16/h1,6,8-9,12-13H,3-5,7,10-11,14-15H2. The summed E-state index contributed by atoms with van der Waals surface area (Å²) in [6.07, 6.45) is 12.2. The van der Waals surface area contributed by atoms with Gasteiger partial charge in [-0.15, -0.1) is 6.42 Å². The maximum absolute atomic E-state index is 11.2. The Bertz CT molecular complexity index is 389. The van der Waals surface area contributed by atoms with Crippen LogP contribution in [0, 0.1) is 12.3 Å². The normalized spacial score (nSPS) is 9.84. The van der Waals surface area contributed by atoms with Crippen molar-refractivity contribution in [2.45, 2.75) is 44.9 Å². The molecule has 2 nitrogen and oxygen atoms in total. The molecule has 0 aliphatic rings. The van der Waals surface area contributed by atoms with Crippen LogP contribution in [0.25, 0.3) is 0 Å². The van der Waals surface area contributed by atoms with Gasteiger partial charge in [-0.25, -0.2) is 0 Å². The van der Waals surface area contributed by atoms with E-state index < -0.39 is 0 Å². The van der Waals surface area contributed by atoms with Gasteiger partial charge in [0.1, 0.15) is 0 Å². The SMILES string of the molecule is C#CCOC(=O)CCCCCCCc1ccccc1. The van der Waals surface area contributed by atoms with Crippen molar-refractivity contribution in [3.05, 3.63) is 35.9 Å². The molecule has 0 aliphatic carbocycles. The summed E-state index contributed by atoms with van der Waals surface area (Å²) < 4.78 is 4.80. The number of terminal acetylenes is 1. The van der Waals surface area contributed by atoms with Gasteiger partial charge in [0, 0.05) is 6.42 Å². The summed E-state index contributed by atoms with van der Waals surface area (Å²) in [5.41, 5.74) is 1.40. The van der Waals surface area contributed by atoms with Crippen LogP contribution in [-0.2, 0) is 16.0 Å². The second-order valence-electron chi connectivity index (χ2n) is 4.62. The van der Waals surface area contributed by atoms with Gasteiger partial charge in [-0.2, -0.15) is 0 Å². The molecule has 0 atom stereocenters. The molecule has 1 aromatic rings. The highest BCUT2D eigenvalue weighted by Gasteiger charge is 2.01. The van der Waals surface area contributed by atoms with E-state index in [2.05, 4.69) is 30.2 Å². The molecule has 1 aromatic carbocycles. The van der Waals surface area contributed by atoms with Gasteiger partial charge in [0.2, 0.25) is 0 Å². The smallest absolute Gasteiger partial charge is 0.306 e. The van der Waals surface area contributed by atoms with E-state index in [4.69, 9.17) is 11.2 Å². The van der Waals surface area contributed by atoms with Crippen molar-refractivity contribution in [1.82, 2.24) is 0 Å². The Labute approximate surface area is 116 Å². The molecule has 0 heterocycles. The fourth-order valence-electron chi connectivity index (χ4n) is 1.97. The highest BCUT2D eigenvalue weighted by Crippen LogP contribution is 2.10. The largest absolute Gasteiger partial charge is 0.452 e. The quantitative estimate of drug-likeness (QED) is 0.383. The van der Waals surface area contributed by atoms with Crippen LogP contribution >= 0.6 is 0 Å². The Morgan fingerprint density at radius 3 is 2.47 bits per heavy atom. The number of aryl methyl sites for hydroxylation is 1. The molecular formula is C17H22O2. The molecule has 0 amide bonds. The Morgan fingerprint density at radius 1 is 1.05 bits per heavy atom. The Hall–Kier alpha value is -1.75. The first-order chi connectivity index (χ1) is 9.33. The van der Waals surface area contributed by atoms with E-state index >= 15 is 0 Å². The van der Waals surface area contributed by atoms with Gasteiger partial charge >= 0.3 is 5.97 Å². The Balaban J connectivity index is 1.92. The van der Waals surface area contributed by atoms with E-state index in [9.17, 15) is 4.79 Å². The molecule has 0 bridgehead atoms. The number of carbonyl (C=O) groups is 1. The number of unbranched alkanes of at least 4 members (excludes halogenated alkanes) is 4. The molecule has 1 rings (SSSR count). The zero-order chi connectivity index (χ0) is 13.8. The predicted molar refractivity (Wildman–Crippen MR) is 77.6 cm³/mol. The lowest BCUT2D eigenvalue weighted by Crippen LogP contribution is -2.03. The molecule has 19 heavy (non-hydrogen) atoms. The third-order valence-electron chi connectivity index (χ3n) is 3.01. The molecule has 0 N–H and O–H groups in total. The molecule has 102 valence electrons. The van der Waals surface area contributed by atoms with E-state index in [0.717, 1.165) is 19.3 Å². The first-order valence-electron chi connectivity index (χ1n) is 6.96. The lowest BCUT2D eigenvalue weighted by atomic mass is 10.1. The molecule has 0 radical (unpaired) electrons. The van der Waals surface area contributed by atoms with Crippen molar-refractivity contribution >= 4 is 5.97 Å². The van der Waals surface area contributed by atoms with Crippen LogP contribution in [-0.4, -0.2) is 12.6 Å². The minimum absolute atomic E-state index is 0.0932. The van der Waals surface area contributed by atoms with E-state index in [1.54, 1.807) is 0 Å². The summed E-state index contributed by atoms with van der Waals surface area (Å²) in [7, 11) is 0. The third-order valence-corrected chi connectivity index (χ3v) is 3.01. The lowest BCUT2D eigenvalue weighted by Gasteiger charge is -2.03. The molecular weight excluding hydrogens is 236 g/mol. The van der Waals surface area contributed by atoms with Gasteiger partial charge in [-0.3, -0.25) is 4.79 Å². The second kappa shape index (κ2) is 10.2. The van der Waals surface area contributed by atoms with Crippen LogP contribution < -0.4 is 0 Å². The first-order valence-corrected chi connectivity index (χ1v) is 6.96. The molecule has 2 heteroatoms. The molecule has 0 saturated carbocycles. The molecule has 0 spiro atoms. The number of rotatable bonds is 9. The summed E-state index contributed by atoms with van der Waals surface area (Å²) in [6, 6.07) is 10.5. The minimum atomic E-state index is -0.178. The lowest BCUT2D eigenvalue weighted by molar-refractivity contribution is -0.142. The number of ether oxygens (including phenoxy) is 1. The van der Waals surface area contributed by atoms with Gasteiger partial charge in [0.05, 0.1) is 0 Å². The van der Waals surface area contributed by atoms with Crippen molar-refractivity contribution in [2.75, 3.05) is 6.61 Å². The van der Waals surface area contributed by atoms with Crippen molar-refractivity contribution in [2.24, 2.45) is 0 Å². The number of carbonyl (C=O) groups excluding carboxylic acids is 1. The third kappa shape index (κ3) is 8.05. The van der Waals surface area contributed by atoms with Gasteiger partial charge in [-0.05, 0) is 24.8 Å². The van der Waals surface area contributed by atoms with Gasteiger partial charge < -0.3 is 4.74 Å². The highest BCUT2D eigenvalue weighted by atomic mass is 16.5. The minimum Gasteiger partial charge on any atom is -0.452 e. The van der Waals surface area contributed by atoms with Crippen molar-refractivity contribution in [3.63, 3.8) is 0 Å².